The van der Waals surface area contributed by atoms with Gasteiger partial charge in [-0.25, -0.2) is 10.0 Å². The fraction of sp³-hybridized carbons (Fsp3) is 0.308. The van der Waals surface area contributed by atoms with E-state index in [4.69, 9.17) is 9.47 Å². The van der Waals surface area contributed by atoms with Crippen LogP contribution in [0.5, 0.6) is 5.75 Å². The van der Waals surface area contributed by atoms with Crippen molar-refractivity contribution in [2.24, 2.45) is 0 Å². The summed E-state index contributed by atoms with van der Waals surface area (Å²) in [6, 6.07) is 15.2. The molecule has 0 aliphatic heterocycles. The van der Waals surface area contributed by atoms with Crippen LogP contribution >= 0.6 is 10.0 Å². The van der Waals surface area contributed by atoms with Crippen molar-refractivity contribution in [3.05, 3.63) is 71.4 Å². The molecule has 0 atom stereocenters. The highest BCUT2D eigenvalue weighted by molar-refractivity contribution is 8.32. The van der Waals surface area contributed by atoms with Crippen LogP contribution in [0.25, 0.3) is 17.0 Å². The highest BCUT2D eigenvalue weighted by Crippen LogP contribution is 2.34. The van der Waals surface area contributed by atoms with Crippen molar-refractivity contribution in [3.8, 4) is 5.75 Å². The Balaban J connectivity index is 1.92. The third-order valence-corrected chi connectivity index (χ3v) is 6.65. The summed E-state index contributed by atoms with van der Waals surface area (Å²) in [5.74, 6) is 1.09. The van der Waals surface area contributed by atoms with Crippen molar-refractivity contribution in [1.82, 2.24) is 4.57 Å². The number of ether oxygens (including phenoxy) is 2. The van der Waals surface area contributed by atoms with Crippen molar-refractivity contribution in [1.29, 1.82) is 0 Å². The molecule has 0 bridgehead atoms. The molecule has 1 heterocycles. The van der Waals surface area contributed by atoms with Gasteiger partial charge in [-0.15, -0.1) is 0 Å². The summed E-state index contributed by atoms with van der Waals surface area (Å²) in [5, 5.41) is 0.821. The van der Waals surface area contributed by atoms with Crippen LogP contribution in [0, 0.1) is 6.92 Å². The van der Waals surface area contributed by atoms with E-state index in [-0.39, 0.29) is 18.3 Å². The number of aromatic nitrogens is 1. The Morgan fingerprint density at radius 3 is 2.44 bits per heavy atom. The molecule has 0 unspecified atom stereocenters. The average Bonchev–Trinajstić information content (AvgIpc) is 3.02. The number of esters is 1. The molecule has 0 radical (unpaired) electrons. The van der Waals surface area contributed by atoms with Crippen LogP contribution in [0.3, 0.4) is 0 Å². The summed E-state index contributed by atoms with van der Waals surface area (Å²) in [7, 11) is 0.868. The van der Waals surface area contributed by atoms with Gasteiger partial charge >= 0.3 is 5.97 Å². The van der Waals surface area contributed by atoms with E-state index in [0.29, 0.717) is 12.4 Å². The number of carbonyl (C=O) groups is 2. The zero-order valence-corrected chi connectivity index (χ0v) is 20.2. The highest BCUT2D eigenvalue weighted by Gasteiger charge is 2.21. The van der Waals surface area contributed by atoms with Crippen LogP contribution in [0.15, 0.2) is 54.6 Å². The minimum Gasteiger partial charge on any atom is -0.497 e. The van der Waals surface area contributed by atoms with E-state index in [1.807, 2.05) is 55.5 Å². The second kappa shape index (κ2) is 10.1. The number of methoxy groups -OCH3 is 1. The summed E-state index contributed by atoms with van der Waals surface area (Å²) in [5.41, 5.74) is 3.21. The Morgan fingerprint density at radius 2 is 1.78 bits per heavy atom. The molecule has 0 N–H and O–H groups in total. The highest BCUT2D eigenvalue weighted by atomic mass is 32.3. The van der Waals surface area contributed by atoms with Crippen molar-refractivity contribution < 1.29 is 19.1 Å². The first kappa shape index (κ1) is 23.7. The first-order valence-electron chi connectivity index (χ1n) is 10.5. The third kappa shape index (κ3) is 5.82. The topological polar surface area (TPSA) is 57.5 Å². The number of rotatable bonds is 8. The fourth-order valence-electron chi connectivity index (χ4n) is 3.50. The van der Waals surface area contributed by atoms with E-state index in [9.17, 15) is 9.59 Å². The first-order chi connectivity index (χ1) is 15.2. The molecule has 0 saturated heterocycles. The van der Waals surface area contributed by atoms with Gasteiger partial charge in [-0.05, 0) is 61.1 Å². The summed E-state index contributed by atoms with van der Waals surface area (Å²) < 4.78 is 12.5. The van der Waals surface area contributed by atoms with Gasteiger partial charge in [0.25, 0.3) is 5.91 Å². The quantitative estimate of drug-likeness (QED) is 0.352. The Labute approximate surface area is 191 Å². The Bertz CT molecular complexity index is 1140. The molecule has 0 fully saturated rings. The van der Waals surface area contributed by atoms with Gasteiger partial charge in [0.2, 0.25) is 0 Å². The van der Waals surface area contributed by atoms with Crippen LogP contribution in [0.1, 0.15) is 21.6 Å². The Kier molecular flexibility index (Phi) is 7.46. The largest absolute Gasteiger partial charge is 0.497 e. The van der Waals surface area contributed by atoms with E-state index >= 15 is 0 Å². The number of allylic oxidation sites excluding steroid dienone is 1. The Morgan fingerprint density at radius 1 is 1.06 bits per heavy atom. The molecule has 6 heteroatoms. The average molecular weight is 454 g/mol. The minimum absolute atomic E-state index is 0.109. The summed E-state index contributed by atoms with van der Waals surface area (Å²) in [6.07, 6.45) is 10.0. The molecule has 0 spiro atoms. The molecule has 3 rings (SSSR count). The molecule has 0 amide bonds. The predicted molar refractivity (Wildman–Crippen MR) is 134 cm³/mol. The molecule has 5 nitrogen and oxygen atoms in total. The zero-order chi connectivity index (χ0) is 23.3. The Hall–Kier alpha value is -2.99. The maximum absolute atomic E-state index is 13.1. The fourth-order valence-corrected chi connectivity index (χ4v) is 4.09. The molecule has 170 valence electrons. The maximum atomic E-state index is 13.1. The van der Waals surface area contributed by atoms with Crippen LogP contribution < -0.4 is 4.74 Å². The summed E-state index contributed by atoms with van der Waals surface area (Å²) >= 11 is 0. The normalized spacial score (nSPS) is 12.3. The van der Waals surface area contributed by atoms with Gasteiger partial charge in [0.1, 0.15) is 5.75 Å². The smallest absolute Gasteiger partial charge is 0.310 e. The van der Waals surface area contributed by atoms with E-state index in [2.05, 4.69) is 18.8 Å². The lowest BCUT2D eigenvalue weighted by Crippen LogP contribution is -2.15. The lowest BCUT2D eigenvalue weighted by atomic mass is 10.1. The van der Waals surface area contributed by atoms with Crippen LogP contribution in [-0.4, -0.2) is 54.7 Å². The minimum atomic E-state index is -0.731. The van der Waals surface area contributed by atoms with Gasteiger partial charge in [-0.2, -0.15) is 0 Å². The predicted octanol–water partition coefficient (Wildman–Crippen LogP) is 5.09. The van der Waals surface area contributed by atoms with Crippen molar-refractivity contribution in [2.45, 2.75) is 13.3 Å². The lowest BCUT2D eigenvalue weighted by Gasteiger charge is -2.24. The number of nitrogens with zero attached hydrogens (tertiary/aromatic N) is 1. The molecular formula is C26H31NO4S. The molecule has 0 aliphatic carbocycles. The zero-order valence-electron chi connectivity index (χ0n) is 19.4. The van der Waals surface area contributed by atoms with Gasteiger partial charge in [-0.3, -0.25) is 14.2 Å². The van der Waals surface area contributed by atoms with Gasteiger partial charge in [0.15, 0.2) is 0 Å². The van der Waals surface area contributed by atoms with Gasteiger partial charge in [-0.1, -0.05) is 30.3 Å². The SMILES string of the molecule is COc1ccc2c(c1)c(CC(=O)OCCS(C)(C)C)c(C)n2C(=O)/C=C/c1ccccc1. The van der Waals surface area contributed by atoms with E-state index in [1.165, 1.54) is 0 Å². The molecule has 32 heavy (non-hydrogen) atoms. The third-order valence-electron chi connectivity index (χ3n) is 5.26. The molecule has 3 aromatic rings. The van der Waals surface area contributed by atoms with Crippen molar-refractivity contribution in [2.75, 3.05) is 38.2 Å². The second-order valence-corrected chi connectivity index (χ2v) is 13.1. The summed E-state index contributed by atoms with van der Waals surface area (Å²) in [6.45, 7) is 2.28. The van der Waals surface area contributed by atoms with Gasteiger partial charge in [0.05, 0.1) is 25.7 Å². The summed E-state index contributed by atoms with van der Waals surface area (Å²) in [4.78, 5) is 25.7. The maximum Gasteiger partial charge on any atom is 0.310 e. The lowest BCUT2D eigenvalue weighted by molar-refractivity contribution is -0.142. The van der Waals surface area contributed by atoms with E-state index < -0.39 is 10.0 Å². The van der Waals surface area contributed by atoms with Crippen molar-refractivity contribution >= 4 is 38.9 Å². The number of fused-ring (bicyclic) bond motifs is 1. The monoisotopic (exact) mass is 453 g/mol. The molecular weight excluding hydrogens is 422 g/mol. The van der Waals surface area contributed by atoms with Crippen LogP contribution in [0.2, 0.25) is 0 Å². The molecule has 1 aromatic heterocycles. The number of benzene rings is 2. The van der Waals surface area contributed by atoms with Crippen molar-refractivity contribution in [3.63, 3.8) is 0 Å². The molecule has 2 aromatic carbocycles. The number of hydrogen-bond donors (Lipinski definition) is 0. The van der Waals surface area contributed by atoms with Crippen LogP contribution in [0.4, 0.5) is 0 Å². The second-order valence-electron chi connectivity index (χ2n) is 8.56. The number of hydrogen-bond acceptors (Lipinski definition) is 4. The van der Waals surface area contributed by atoms with Gasteiger partial charge in [0, 0.05) is 22.9 Å². The van der Waals surface area contributed by atoms with E-state index in [1.54, 1.807) is 23.8 Å². The van der Waals surface area contributed by atoms with E-state index in [0.717, 1.165) is 33.5 Å². The number of carbonyl (C=O) groups excluding carboxylic acids is 2. The molecule has 0 saturated carbocycles. The standard InChI is InChI=1S/C26H31NO4S/c1-19-22(18-26(29)31-15-16-32(3,4)5)23-17-21(30-2)12-13-24(23)27(19)25(28)14-11-20-9-7-6-8-10-20/h6-14,17H,15-16,18H2,1-5H3/b14-11+. The van der Waals surface area contributed by atoms with Gasteiger partial charge < -0.3 is 9.47 Å². The van der Waals surface area contributed by atoms with Crippen LogP contribution in [-0.2, 0) is 16.0 Å². The molecule has 0 aliphatic rings. The first-order valence-corrected chi connectivity index (χ1v) is 13.5.